The lowest BCUT2D eigenvalue weighted by atomic mass is 10.1. The van der Waals surface area contributed by atoms with Crippen molar-refractivity contribution in [2.75, 3.05) is 5.32 Å². The third-order valence-electron chi connectivity index (χ3n) is 2.96. The fraction of sp³-hybridized carbons (Fsp3) is 0.250. The van der Waals surface area contributed by atoms with Crippen LogP contribution in [0.3, 0.4) is 0 Å². The van der Waals surface area contributed by atoms with Crippen molar-refractivity contribution in [3.63, 3.8) is 0 Å². The van der Waals surface area contributed by atoms with Crippen LogP contribution >= 0.6 is 11.3 Å². The Morgan fingerprint density at radius 3 is 2.74 bits per heavy atom. The van der Waals surface area contributed by atoms with Crippen LogP contribution in [0.1, 0.15) is 30.1 Å². The lowest BCUT2D eigenvalue weighted by Crippen LogP contribution is -2.21. The van der Waals surface area contributed by atoms with Gasteiger partial charge >= 0.3 is 0 Å². The maximum Gasteiger partial charge on any atom is 0.246 e. The summed E-state index contributed by atoms with van der Waals surface area (Å²) in [6, 6.07) is 7.27. The van der Waals surface area contributed by atoms with E-state index in [-0.39, 0.29) is 18.2 Å². The number of hydrogen-bond donors (Lipinski definition) is 2. The second-order valence-corrected chi connectivity index (χ2v) is 6.09. The fourth-order valence-corrected chi connectivity index (χ4v) is 2.54. The number of carbonyl (C=O) groups is 2. The van der Waals surface area contributed by atoms with Gasteiger partial charge in [-0.05, 0) is 31.5 Å². The Bertz CT molecular complexity index is 752. The van der Waals surface area contributed by atoms with Crippen LogP contribution in [-0.2, 0) is 16.0 Å². The smallest absolute Gasteiger partial charge is 0.246 e. The third-order valence-corrected chi connectivity index (χ3v) is 3.78. The van der Waals surface area contributed by atoms with Gasteiger partial charge in [-0.25, -0.2) is 10.4 Å². The number of hydrogen-bond acceptors (Lipinski definition) is 5. The summed E-state index contributed by atoms with van der Waals surface area (Å²) in [5, 5.41) is 9.61. The lowest BCUT2D eigenvalue weighted by molar-refractivity contribution is -0.120. The van der Waals surface area contributed by atoms with Crippen molar-refractivity contribution < 1.29 is 9.59 Å². The van der Waals surface area contributed by atoms with Crippen molar-refractivity contribution in [1.82, 2.24) is 10.4 Å². The molecule has 1 heterocycles. The van der Waals surface area contributed by atoms with Crippen LogP contribution in [0.15, 0.2) is 34.7 Å². The van der Waals surface area contributed by atoms with E-state index in [4.69, 9.17) is 0 Å². The first-order chi connectivity index (χ1) is 10.9. The first kappa shape index (κ1) is 16.8. The minimum Gasteiger partial charge on any atom is -0.326 e. The molecule has 0 radical (unpaired) electrons. The van der Waals surface area contributed by atoms with Crippen molar-refractivity contribution >= 4 is 34.6 Å². The van der Waals surface area contributed by atoms with E-state index in [1.807, 2.05) is 24.4 Å². The van der Waals surface area contributed by atoms with Gasteiger partial charge in [-0.2, -0.15) is 5.10 Å². The van der Waals surface area contributed by atoms with Crippen molar-refractivity contribution in [2.45, 2.75) is 27.2 Å². The number of nitrogens with zero attached hydrogens (tertiary/aromatic N) is 2. The molecule has 0 atom stereocenters. The maximum absolute atomic E-state index is 11.9. The van der Waals surface area contributed by atoms with Gasteiger partial charge < -0.3 is 5.32 Å². The molecule has 2 rings (SSSR count). The molecule has 0 bridgehead atoms. The molecular formula is C16H18N4O2S. The van der Waals surface area contributed by atoms with E-state index in [1.165, 1.54) is 18.3 Å². The molecule has 2 aromatic rings. The van der Waals surface area contributed by atoms with Gasteiger partial charge in [0.05, 0.1) is 22.8 Å². The summed E-state index contributed by atoms with van der Waals surface area (Å²) in [5.74, 6) is -0.351. The fourth-order valence-electron chi connectivity index (χ4n) is 1.93. The van der Waals surface area contributed by atoms with E-state index in [9.17, 15) is 9.59 Å². The number of benzene rings is 1. The molecule has 0 aliphatic heterocycles. The molecule has 0 saturated heterocycles. The van der Waals surface area contributed by atoms with Gasteiger partial charge in [-0.15, -0.1) is 11.3 Å². The number of thiazole rings is 1. The summed E-state index contributed by atoms with van der Waals surface area (Å²) in [6.45, 7) is 5.14. The molecule has 120 valence electrons. The molecular weight excluding hydrogens is 312 g/mol. The highest BCUT2D eigenvalue weighted by Crippen LogP contribution is 2.11. The Balaban J connectivity index is 1.99. The number of carbonyl (C=O) groups excluding carboxylic acids is 2. The van der Waals surface area contributed by atoms with Crippen LogP contribution in [0.2, 0.25) is 0 Å². The highest BCUT2D eigenvalue weighted by Gasteiger charge is 2.06. The number of nitrogens with one attached hydrogen (secondary N) is 2. The van der Waals surface area contributed by atoms with Crippen LogP contribution in [0, 0.1) is 6.92 Å². The van der Waals surface area contributed by atoms with E-state index < -0.39 is 0 Å². The van der Waals surface area contributed by atoms with Crippen LogP contribution in [0.5, 0.6) is 0 Å². The molecule has 1 aromatic carbocycles. The Hall–Kier alpha value is -2.54. The molecule has 23 heavy (non-hydrogen) atoms. The molecule has 0 spiro atoms. The third kappa shape index (κ3) is 5.30. The molecule has 1 aromatic heterocycles. The van der Waals surface area contributed by atoms with E-state index in [1.54, 1.807) is 19.1 Å². The number of hydrazone groups is 1. The predicted octanol–water partition coefficient (Wildman–Crippen LogP) is 2.49. The molecule has 0 saturated carbocycles. The monoisotopic (exact) mass is 330 g/mol. The van der Waals surface area contributed by atoms with Crippen LogP contribution in [-0.4, -0.2) is 22.5 Å². The highest BCUT2D eigenvalue weighted by atomic mass is 32.1. The summed E-state index contributed by atoms with van der Waals surface area (Å²) < 4.78 is 0. The first-order valence-electron chi connectivity index (χ1n) is 7.06. The maximum atomic E-state index is 11.9. The largest absolute Gasteiger partial charge is 0.326 e. The average Bonchev–Trinajstić information content (AvgIpc) is 2.89. The number of rotatable bonds is 5. The van der Waals surface area contributed by atoms with E-state index in [0.29, 0.717) is 11.4 Å². The van der Waals surface area contributed by atoms with E-state index in [0.717, 1.165) is 16.3 Å². The Labute approximate surface area is 138 Å². The van der Waals surface area contributed by atoms with E-state index >= 15 is 0 Å². The summed E-state index contributed by atoms with van der Waals surface area (Å²) in [4.78, 5) is 27.2. The summed E-state index contributed by atoms with van der Waals surface area (Å²) >= 11 is 1.51. The molecule has 2 N–H and O–H groups in total. The summed E-state index contributed by atoms with van der Waals surface area (Å²) in [6.07, 6.45) is 0.201. The first-order valence-corrected chi connectivity index (χ1v) is 7.94. The average molecular weight is 330 g/mol. The second-order valence-electron chi connectivity index (χ2n) is 5.03. The topological polar surface area (TPSA) is 83.5 Å². The molecule has 6 nitrogen and oxygen atoms in total. The number of anilines is 1. The number of aryl methyl sites for hydroxylation is 1. The molecule has 0 fully saturated rings. The minimum absolute atomic E-state index is 0.136. The normalized spacial score (nSPS) is 11.2. The molecule has 0 aliphatic carbocycles. The quantitative estimate of drug-likeness (QED) is 0.652. The zero-order valence-electron chi connectivity index (χ0n) is 13.2. The predicted molar refractivity (Wildman–Crippen MR) is 91.7 cm³/mol. The second kappa shape index (κ2) is 7.64. The SMILES string of the molecule is CC(=O)Nc1cccc(C(C)=NNC(=O)Cc2csc(C)n2)c1. The Morgan fingerprint density at radius 1 is 1.30 bits per heavy atom. The van der Waals surface area contributed by atoms with Crippen LogP contribution in [0.4, 0.5) is 5.69 Å². The Kier molecular flexibility index (Phi) is 5.59. The van der Waals surface area contributed by atoms with Crippen molar-refractivity contribution in [2.24, 2.45) is 5.10 Å². The number of aromatic nitrogens is 1. The van der Waals surface area contributed by atoms with Gasteiger partial charge in [0.15, 0.2) is 0 Å². The molecule has 0 aliphatic rings. The summed E-state index contributed by atoms with van der Waals surface area (Å²) in [5.41, 5.74) is 5.43. The Morgan fingerprint density at radius 2 is 2.09 bits per heavy atom. The molecule has 2 amide bonds. The molecule has 7 heteroatoms. The van der Waals surface area contributed by atoms with Crippen molar-refractivity contribution in [1.29, 1.82) is 0 Å². The van der Waals surface area contributed by atoms with Crippen molar-refractivity contribution in [3.8, 4) is 0 Å². The van der Waals surface area contributed by atoms with E-state index in [2.05, 4.69) is 20.8 Å². The van der Waals surface area contributed by atoms with Gasteiger partial charge in [-0.3, -0.25) is 9.59 Å². The van der Waals surface area contributed by atoms with Gasteiger partial charge in [0.2, 0.25) is 11.8 Å². The lowest BCUT2D eigenvalue weighted by Gasteiger charge is -2.06. The number of amides is 2. The van der Waals surface area contributed by atoms with Gasteiger partial charge in [0, 0.05) is 18.0 Å². The highest BCUT2D eigenvalue weighted by molar-refractivity contribution is 7.09. The zero-order chi connectivity index (χ0) is 16.8. The van der Waals surface area contributed by atoms with Crippen LogP contribution < -0.4 is 10.7 Å². The minimum atomic E-state index is -0.215. The van der Waals surface area contributed by atoms with Crippen LogP contribution in [0.25, 0.3) is 0 Å². The van der Waals surface area contributed by atoms with Gasteiger partial charge in [0.1, 0.15) is 0 Å². The summed E-state index contributed by atoms with van der Waals surface area (Å²) in [7, 11) is 0. The van der Waals surface area contributed by atoms with Crippen molar-refractivity contribution in [3.05, 3.63) is 45.9 Å². The zero-order valence-corrected chi connectivity index (χ0v) is 14.0. The molecule has 0 unspecified atom stereocenters. The standard InChI is InChI=1S/C16H18N4O2S/c1-10(13-5-4-6-14(7-13)17-11(2)21)19-20-16(22)8-15-9-23-12(3)18-15/h4-7,9H,8H2,1-3H3,(H,17,21)(H,20,22). The van der Waals surface area contributed by atoms with Gasteiger partial charge in [-0.1, -0.05) is 12.1 Å². The van der Waals surface area contributed by atoms with Gasteiger partial charge in [0.25, 0.3) is 0 Å².